The molecule has 0 saturated heterocycles. The van der Waals surface area contributed by atoms with Gasteiger partial charge in [-0.2, -0.15) is 0 Å². The van der Waals surface area contributed by atoms with Gasteiger partial charge in [-0.25, -0.2) is 0 Å². The first-order valence-corrected chi connectivity index (χ1v) is 7.87. The highest BCUT2D eigenvalue weighted by Crippen LogP contribution is 2.25. The van der Waals surface area contributed by atoms with Gasteiger partial charge in [0.05, 0.1) is 0 Å². The van der Waals surface area contributed by atoms with E-state index in [0.29, 0.717) is 6.54 Å². The van der Waals surface area contributed by atoms with Gasteiger partial charge in [-0.15, -0.1) is 0 Å². The van der Waals surface area contributed by atoms with Crippen LogP contribution >= 0.6 is 0 Å². The van der Waals surface area contributed by atoms with Gasteiger partial charge in [0.25, 0.3) is 5.91 Å². The van der Waals surface area contributed by atoms with Crippen molar-refractivity contribution in [3.8, 4) is 0 Å². The summed E-state index contributed by atoms with van der Waals surface area (Å²) >= 11 is 0. The van der Waals surface area contributed by atoms with E-state index >= 15 is 0 Å². The van der Waals surface area contributed by atoms with E-state index in [1.807, 2.05) is 67.2 Å². The Hall–Kier alpha value is -2.49. The van der Waals surface area contributed by atoms with Crippen LogP contribution in [0.15, 0.2) is 46.9 Å². The summed E-state index contributed by atoms with van der Waals surface area (Å²) in [6.45, 7) is 3.29. The first-order valence-electron chi connectivity index (χ1n) is 7.87. The second-order valence-electron chi connectivity index (χ2n) is 6.08. The highest BCUT2D eigenvalue weighted by Gasteiger charge is 2.20. The average molecular weight is 310 g/mol. The summed E-state index contributed by atoms with van der Waals surface area (Å²) in [4.78, 5) is 16.5. The third-order valence-corrected chi connectivity index (χ3v) is 4.18. The van der Waals surface area contributed by atoms with Gasteiger partial charge in [-0.05, 0) is 55.3 Å². The summed E-state index contributed by atoms with van der Waals surface area (Å²) in [5.74, 6) is 1.92. The van der Waals surface area contributed by atoms with Gasteiger partial charge in [0.15, 0.2) is 0 Å². The SMILES string of the molecule is Cc1ccc(C2=CCN(C(=O)c3ccc(N(C)C)cc3)CC2)o1. The van der Waals surface area contributed by atoms with Gasteiger partial charge in [-0.3, -0.25) is 4.79 Å². The van der Waals surface area contributed by atoms with Gasteiger partial charge in [-0.1, -0.05) is 6.08 Å². The standard InChI is InChI=1S/C19H22N2O2/c1-14-4-9-18(23-14)15-10-12-21(13-11-15)19(22)16-5-7-17(8-6-16)20(2)3/h4-10H,11-13H2,1-3H3. The second-order valence-corrected chi connectivity index (χ2v) is 6.08. The third kappa shape index (κ3) is 3.31. The summed E-state index contributed by atoms with van der Waals surface area (Å²) in [5, 5.41) is 0. The lowest BCUT2D eigenvalue weighted by atomic mass is 10.0. The molecule has 3 rings (SSSR count). The first kappa shape index (κ1) is 15.4. The van der Waals surface area contributed by atoms with E-state index in [1.54, 1.807) is 0 Å². The Bertz CT molecular complexity index is 726. The molecule has 0 N–H and O–H groups in total. The number of carbonyl (C=O) groups is 1. The van der Waals surface area contributed by atoms with Crippen LogP contribution in [0.4, 0.5) is 5.69 Å². The molecule has 0 aliphatic carbocycles. The van der Waals surface area contributed by atoms with Gasteiger partial charge in [0, 0.05) is 38.4 Å². The van der Waals surface area contributed by atoms with Crippen molar-refractivity contribution < 1.29 is 9.21 Å². The van der Waals surface area contributed by atoms with E-state index in [0.717, 1.165) is 35.7 Å². The van der Waals surface area contributed by atoms with Crippen LogP contribution in [0.5, 0.6) is 0 Å². The molecule has 0 atom stereocenters. The van der Waals surface area contributed by atoms with Crippen molar-refractivity contribution in [1.29, 1.82) is 0 Å². The summed E-state index contributed by atoms with van der Waals surface area (Å²) in [5.41, 5.74) is 3.02. The zero-order valence-corrected chi connectivity index (χ0v) is 13.9. The fraction of sp³-hybridized carbons (Fsp3) is 0.316. The van der Waals surface area contributed by atoms with Crippen molar-refractivity contribution in [2.45, 2.75) is 13.3 Å². The normalized spacial score (nSPS) is 14.6. The van der Waals surface area contributed by atoms with Crippen molar-refractivity contribution in [1.82, 2.24) is 4.90 Å². The van der Waals surface area contributed by atoms with Crippen LogP contribution in [-0.2, 0) is 0 Å². The largest absolute Gasteiger partial charge is 0.462 e. The Morgan fingerprint density at radius 3 is 2.39 bits per heavy atom. The molecule has 1 amide bonds. The van der Waals surface area contributed by atoms with Gasteiger partial charge < -0.3 is 14.2 Å². The molecule has 4 heteroatoms. The zero-order chi connectivity index (χ0) is 16.4. The van der Waals surface area contributed by atoms with Crippen molar-refractivity contribution in [3.63, 3.8) is 0 Å². The van der Waals surface area contributed by atoms with Gasteiger partial charge >= 0.3 is 0 Å². The Morgan fingerprint density at radius 2 is 1.87 bits per heavy atom. The number of hydrogen-bond acceptors (Lipinski definition) is 3. The van der Waals surface area contributed by atoms with E-state index in [1.165, 1.54) is 5.57 Å². The van der Waals surface area contributed by atoms with Crippen LogP contribution in [-0.4, -0.2) is 38.0 Å². The van der Waals surface area contributed by atoms with Gasteiger partial charge in [0.1, 0.15) is 11.5 Å². The minimum absolute atomic E-state index is 0.0845. The number of carbonyl (C=O) groups excluding carboxylic acids is 1. The monoisotopic (exact) mass is 310 g/mol. The van der Waals surface area contributed by atoms with Crippen molar-refractivity contribution in [3.05, 3.63) is 59.6 Å². The molecule has 120 valence electrons. The van der Waals surface area contributed by atoms with Crippen LogP contribution in [0.1, 0.15) is 28.3 Å². The van der Waals surface area contributed by atoms with Crippen LogP contribution < -0.4 is 4.90 Å². The van der Waals surface area contributed by atoms with E-state index in [9.17, 15) is 4.79 Å². The van der Waals surface area contributed by atoms with Crippen LogP contribution in [0, 0.1) is 6.92 Å². The molecule has 0 unspecified atom stereocenters. The lowest BCUT2D eigenvalue weighted by molar-refractivity contribution is 0.0772. The number of anilines is 1. The van der Waals surface area contributed by atoms with E-state index < -0.39 is 0 Å². The van der Waals surface area contributed by atoms with Crippen LogP contribution in [0.3, 0.4) is 0 Å². The van der Waals surface area contributed by atoms with Crippen LogP contribution in [0.2, 0.25) is 0 Å². The maximum Gasteiger partial charge on any atom is 0.254 e. The molecule has 0 fully saturated rings. The average Bonchev–Trinajstić information content (AvgIpc) is 3.01. The molecule has 1 aliphatic rings. The second kappa shape index (κ2) is 6.32. The number of benzene rings is 1. The third-order valence-electron chi connectivity index (χ3n) is 4.18. The molecule has 1 aromatic carbocycles. The molecule has 23 heavy (non-hydrogen) atoms. The first-order chi connectivity index (χ1) is 11.0. The highest BCUT2D eigenvalue weighted by molar-refractivity contribution is 5.95. The maximum absolute atomic E-state index is 12.6. The molecular weight excluding hydrogens is 288 g/mol. The topological polar surface area (TPSA) is 36.7 Å². The van der Waals surface area contributed by atoms with E-state index in [2.05, 4.69) is 6.08 Å². The number of amides is 1. The fourth-order valence-electron chi connectivity index (χ4n) is 2.77. The van der Waals surface area contributed by atoms with Crippen LogP contribution in [0.25, 0.3) is 5.57 Å². The van der Waals surface area contributed by atoms with Gasteiger partial charge in [0.2, 0.25) is 0 Å². The summed E-state index contributed by atoms with van der Waals surface area (Å²) < 4.78 is 5.66. The smallest absolute Gasteiger partial charge is 0.254 e. The molecule has 0 radical (unpaired) electrons. The summed E-state index contributed by atoms with van der Waals surface area (Å²) in [6.07, 6.45) is 2.92. The molecule has 0 bridgehead atoms. The zero-order valence-electron chi connectivity index (χ0n) is 13.9. The van der Waals surface area contributed by atoms with E-state index in [-0.39, 0.29) is 5.91 Å². The Labute approximate surface area is 137 Å². The molecule has 1 aliphatic heterocycles. The Balaban J connectivity index is 1.69. The molecule has 1 aromatic heterocycles. The lowest BCUT2D eigenvalue weighted by Crippen LogP contribution is -2.34. The maximum atomic E-state index is 12.6. The minimum Gasteiger partial charge on any atom is -0.462 e. The fourth-order valence-corrected chi connectivity index (χ4v) is 2.77. The quantitative estimate of drug-likeness (QED) is 0.869. The minimum atomic E-state index is 0.0845. The predicted molar refractivity (Wildman–Crippen MR) is 92.7 cm³/mol. The summed E-state index contributed by atoms with van der Waals surface area (Å²) in [6, 6.07) is 11.7. The number of nitrogens with zero attached hydrogens (tertiary/aromatic N) is 2. The lowest BCUT2D eigenvalue weighted by Gasteiger charge is -2.26. The molecular formula is C19H22N2O2. The van der Waals surface area contributed by atoms with E-state index in [4.69, 9.17) is 4.42 Å². The molecule has 0 spiro atoms. The van der Waals surface area contributed by atoms with Crippen molar-refractivity contribution >= 4 is 17.2 Å². The number of aryl methyl sites for hydroxylation is 1. The predicted octanol–water partition coefficient (Wildman–Crippen LogP) is 3.58. The summed E-state index contributed by atoms with van der Waals surface area (Å²) in [7, 11) is 3.98. The van der Waals surface area contributed by atoms with Crippen molar-refractivity contribution in [2.75, 3.05) is 32.1 Å². The highest BCUT2D eigenvalue weighted by atomic mass is 16.3. The molecule has 0 saturated carbocycles. The Kier molecular flexibility index (Phi) is 4.24. The Morgan fingerprint density at radius 1 is 1.13 bits per heavy atom. The molecule has 2 aromatic rings. The van der Waals surface area contributed by atoms with Crippen molar-refractivity contribution in [2.24, 2.45) is 0 Å². The number of rotatable bonds is 3. The molecule has 4 nitrogen and oxygen atoms in total. The number of hydrogen-bond donors (Lipinski definition) is 0. The number of furan rings is 1. The molecule has 2 heterocycles.